The highest BCUT2D eigenvalue weighted by molar-refractivity contribution is 7.88. The van der Waals surface area contributed by atoms with Crippen molar-refractivity contribution >= 4 is 15.7 Å². The van der Waals surface area contributed by atoms with Gasteiger partial charge in [0.05, 0.1) is 5.75 Å². The molecule has 4 nitrogen and oxygen atoms in total. The van der Waals surface area contributed by atoms with E-state index in [0.29, 0.717) is 11.6 Å². The van der Waals surface area contributed by atoms with Crippen molar-refractivity contribution in [2.75, 3.05) is 5.73 Å². The zero-order valence-electron chi connectivity index (χ0n) is 10.6. The van der Waals surface area contributed by atoms with Gasteiger partial charge in [-0.3, -0.25) is 0 Å². The fraction of sp³-hybridized carbons (Fsp3) is 0.538. The SMILES string of the molecule is CC1CCCC1NS(=O)(=O)Cc1cccc(N)c1. The lowest BCUT2D eigenvalue weighted by atomic mass is 10.1. The Morgan fingerprint density at radius 1 is 1.39 bits per heavy atom. The molecule has 0 aliphatic heterocycles. The number of nitrogen functional groups attached to an aromatic ring is 1. The van der Waals surface area contributed by atoms with E-state index in [1.54, 1.807) is 24.3 Å². The van der Waals surface area contributed by atoms with Crippen LogP contribution < -0.4 is 10.5 Å². The van der Waals surface area contributed by atoms with Gasteiger partial charge in [-0.15, -0.1) is 0 Å². The molecule has 18 heavy (non-hydrogen) atoms. The Kier molecular flexibility index (Phi) is 3.92. The number of anilines is 1. The lowest BCUT2D eigenvalue weighted by Crippen LogP contribution is -2.37. The zero-order valence-corrected chi connectivity index (χ0v) is 11.4. The first-order valence-electron chi connectivity index (χ1n) is 6.31. The Hall–Kier alpha value is -1.07. The minimum absolute atomic E-state index is 0.00125. The second-order valence-corrected chi connectivity index (χ2v) is 6.89. The van der Waals surface area contributed by atoms with E-state index >= 15 is 0 Å². The van der Waals surface area contributed by atoms with E-state index in [2.05, 4.69) is 11.6 Å². The maximum atomic E-state index is 12.1. The van der Waals surface area contributed by atoms with E-state index in [-0.39, 0.29) is 11.8 Å². The Bertz CT molecular complexity index is 513. The standard InChI is InChI=1S/C13H20N2O2S/c1-10-4-2-7-13(10)15-18(16,17)9-11-5-3-6-12(14)8-11/h3,5-6,8,10,13,15H,2,4,7,9,14H2,1H3. The van der Waals surface area contributed by atoms with Crippen LogP contribution in [0.3, 0.4) is 0 Å². The third kappa shape index (κ3) is 3.46. The van der Waals surface area contributed by atoms with Crippen LogP contribution in [0.5, 0.6) is 0 Å². The fourth-order valence-corrected chi connectivity index (χ4v) is 4.01. The molecule has 1 aromatic carbocycles. The monoisotopic (exact) mass is 268 g/mol. The third-order valence-electron chi connectivity index (χ3n) is 3.50. The van der Waals surface area contributed by atoms with E-state index in [9.17, 15) is 8.42 Å². The molecule has 1 aromatic rings. The molecule has 0 aromatic heterocycles. The van der Waals surface area contributed by atoms with Crippen LogP contribution >= 0.6 is 0 Å². The lowest BCUT2D eigenvalue weighted by Gasteiger charge is -2.17. The molecule has 3 N–H and O–H groups in total. The maximum absolute atomic E-state index is 12.1. The quantitative estimate of drug-likeness (QED) is 0.819. The predicted molar refractivity (Wildman–Crippen MR) is 73.4 cm³/mol. The summed E-state index contributed by atoms with van der Waals surface area (Å²) in [6.07, 6.45) is 3.15. The highest BCUT2D eigenvalue weighted by Crippen LogP contribution is 2.25. The molecule has 2 rings (SSSR count). The first-order valence-corrected chi connectivity index (χ1v) is 7.96. The van der Waals surface area contributed by atoms with Crippen molar-refractivity contribution in [3.8, 4) is 0 Å². The molecule has 2 unspecified atom stereocenters. The van der Waals surface area contributed by atoms with Crippen molar-refractivity contribution < 1.29 is 8.42 Å². The van der Waals surface area contributed by atoms with E-state index in [1.165, 1.54) is 0 Å². The number of hydrogen-bond donors (Lipinski definition) is 2. The van der Waals surface area contributed by atoms with Crippen LogP contribution in [0, 0.1) is 5.92 Å². The molecule has 0 saturated heterocycles. The summed E-state index contributed by atoms with van der Waals surface area (Å²) >= 11 is 0. The highest BCUT2D eigenvalue weighted by Gasteiger charge is 2.27. The van der Waals surface area contributed by atoms with Crippen LogP contribution in [0.2, 0.25) is 0 Å². The lowest BCUT2D eigenvalue weighted by molar-refractivity contribution is 0.476. The predicted octanol–water partition coefficient (Wildman–Crippen LogP) is 1.88. The molecule has 1 saturated carbocycles. The van der Waals surface area contributed by atoms with Gasteiger partial charge in [-0.25, -0.2) is 13.1 Å². The summed E-state index contributed by atoms with van der Waals surface area (Å²) in [5.41, 5.74) is 6.97. The number of nitrogens with one attached hydrogen (secondary N) is 1. The molecule has 5 heteroatoms. The van der Waals surface area contributed by atoms with Gasteiger partial charge in [0, 0.05) is 11.7 Å². The molecule has 100 valence electrons. The number of sulfonamides is 1. The van der Waals surface area contributed by atoms with Gasteiger partial charge in [0.25, 0.3) is 0 Å². The molecular weight excluding hydrogens is 248 g/mol. The van der Waals surface area contributed by atoms with Gasteiger partial charge in [0.2, 0.25) is 10.0 Å². The smallest absolute Gasteiger partial charge is 0.216 e. The topological polar surface area (TPSA) is 72.2 Å². The van der Waals surface area contributed by atoms with Gasteiger partial charge in [-0.2, -0.15) is 0 Å². The van der Waals surface area contributed by atoms with Gasteiger partial charge < -0.3 is 5.73 Å². The summed E-state index contributed by atoms with van der Waals surface area (Å²) in [5.74, 6) is 0.432. The Labute approximate surface area is 109 Å². The number of hydrogen-bond acceptors (Lipinski definition) is 3. The Morgan fingerprint density at radius 3 is 2.78 bits per heavy atom. The van der Waals surface area contributed by atoms with E-state index in [4.69, 9.17) is 5.73 Å². The zero-order chi connectivity index (χ0) is 13.2. The fourth-order valence-electron chi connectivity index (χ4n) is 2.50. The Balaban J connectivity index is 2.03. The van der Waals surface area contributed by atoms with Crippen molar-refractivity contribution in [1.82, 2.24) is 4.72 Å². The van der Waals surface area contributed by atoms with Gasteiger partial charge in [0.1, 0.15) is 0 Å². The van der Waals surface area contributed by atoms with Gasteiger partial charge in [0.15, 0.2) is 0 Å². The van der Waals surface area contributed by atoms with E-state index < -0.39 is 10.0 Å². The molecule has 0 radical (unpaired) electrons. The van der Waals surface area contributed by atoms with Crippen LogP contribution in [0.4, 0.5) is 5.69 Å². The largest absolute Gasteiger partial charge is 0.399 e. The normalized spacial score (nSPS) is 24.3. The number of rotatable bonds is 4. The number of benzene rings is 1. The minimum Gasteiger partial charge on any atom is -0.399 e. The molecule has 2 atom stereocenters. The van der Waals surface area contributed by atoms with Crippen molar-refractivity contribution in [2.45, 2.75) is 38.0 Å². The van der Waals surface area contributed by atoms with Crippen LogP contribution in [0.15, 0.2) is 24.3 Å². The highest BCUT2D eigenvalue weighted by atomic mass is 32.2. The second-order valence-electron chi connectivity index (χ2n) is 5.14. The molecule has 1 aliphatic carbocycles. The summed E-state index contributed by atoms with van der Waals surface area (Å²) in [6, 6.07) is 7.11. The van der Waals surface area contributed by atoms with Crippen LogP contribution in [0.25, 0.3) is 0 Å². The second kappa shape index (κ2) is 5.28. The number of nitrogens with two attached hydrogens (primary N) is 1. The van der Waals surface area contributed by atoms with Crippen molar-refractivity contribution in [1.29, 1.82) is 0 Å². The van der Waals surface area contributed by atoms with Gasteiger partial charge in [-0.1, -0.05) is 25.5 Å². The summed E-state index contributed by atoms with van der Waals surface area (Å²) in [6.45, 7) is 2.10. The molecular formula is C13H20N2O2S. The summed E-state index contributed by atoms with van der Waals surface area (Å²) < 4.78 is 26.9. The Morgan fingerprint density at radius 2 is 2.17 bits per heavy atom. The van der Waals surface area contributed by atoms with Gasteiger partial charge >= 0.3 is 0 Å². The first-order chi connectivity index (χ1) is 8.46. The molecule has 0 spiro atoms. The maximum Gasteiger partial charge on any atom is 0.216 e. The summed E-state index contributed by atoms with van der Waals surface area (Å²) in [4.78, 5) is 0. The van der Waals surface area contributed by atoms with E-state index in [1.807, 2.05) is 0 Å². The van der Waals surface area contributed by atoms with Crippen LogP contribution in [-0.2, 0) is 15.8 Å². The third-order valence-corrected chi connectivity index (χ3v) is 4.88. The van der Waals surface area contributed by atoms with Crippen LogP contribution in [0.1, 0.15) is 31.7 Å². The van der Waals surface area contributed by atoms with Crippen molar-refractivity contribution in [3.63, 3.8) is 0 Å². The summed E-state index contributed by atoms with van der Waals surface area (Å²) in [7, 11) is -3.27. The average molecular weight is 268 g/mol. The van der Waals surface area contributed by atoms with E-state index in [0.717, 1.165) is 24.8 Å². The molecule has 0 amide bonds. The van der Waals surface area contributed by atoms with Crippen LogP contribution in [-0.4, -0.2) is 14.5 Å². The van der Waals surface area contributed by atoms with Crippen molar-refractivity contribution in [3.05, 3.63) is 29.8 Å². The minimum atomic E-state index is -3.27. The average Bonchev–Trinajstić information content (AvgIpc) is 2.62. The molecule has 0 heterocycles. The molecule has 1 fully saturated rings. The van der Waals surface area contributed by atoms with Crippen molar-refractivity contribution in [2.24, 2.45) is 5.92 Å². The molecule has 0 bridgehead atoms. The molecule has 1 aliphatic rings. The summed E-state index contributed by atoms with van der Waals surface area (Å²) in [5, 5.41) is 0. The van der Waals surface area contributed by atoms with Gasteiger partial charge in [-0.05, 0) is 36.5 Å². The first kappa shape index (κ1) is 13.4.